The number of benzene rings is 1. The first-order valence-corrected chi connectivity index (χ1v) is 8.19. The molecule has 1 N–H and O–H groups in total. The second-order valence-electron chi connectivity index (χ2n) is 6.11. The molecule has 1 aliphatic rings. The van der Waals surface area contributed by atoms with Crippen LogP contribution in [-0.2, 0) is 16.0 Å². The number of methoxy groups -OCH3 is 1. The van der Waals surface area contributed by atoms with Crippen molar-refractivity contribution >= 4 is 16.9 Å². The van der Waals surface area contributed by atoms with Crippen molar-refractivity contribution in [2.45, 2.75) is 32.2 Å². The van der Waals surface area contributed by atoms with E-state index in [4.69, 9.17) is 9.47 Å². The maximum atomic E-state index is 11.0. The fourth-order valence-corrected chi connectivity index (χ4v) is 3.35. The molecule has 2 aromatic rings. The van der Waals surface area contributed by atoms with Gasteiger partial charge in [0.1, 0.15) is 12.4 Å². The molecule has 0 amide bonds. The predicted octanol–water partition coefficient (Wildman–Crippen LogP) is 2.75. The van der Waals surface area contributed by atoms with Gasteiger partial charge in [0.15, 0.2) is 0 Å². The quantitative estimate of drug-likeness (QED) is 0.833. The summed E-state index contributed by atoms with van der Waals surface area (Å²) >= 11 is 0. The number of fused-ring (bicyclic) bond motifs is 1. The Labute approximate surface area is 136 Å². The molecule has 0 unspecified atom stereocenters. The van der Waals surface area contributed by atoms with Gasteiger partial charge in [0.05, 0.1) is 7.11 Å². The summed E-state index contributed by atoms with van der Waals surface area (Å²) in [6.07, 6.45) is 5.34. The molecule has 1 aromatic carbocycles. The summed E-state index contributed by atoms with van der Waals surface area (Å²) in [5, 5.41) is 1.22. The number of hydrogen-bond donors (Lipinski definition) is 1. The Balaban J connectivity index is 1.64. The van der Waals surface area contributed by atoms with E-state index in [0.29, 0.717) is 12.6 Å². The van der Waals surface area contributed by atoms with Crippen LogP contribution in [0.4, 0.5) is 0 Å². The van der Waals surface area contributed by atoms with E-state index in [0.717, 1.165) is 37.2 Å². The summed E-state index contributed by atoms with van der Waals surface area (Å²) in [5.74, 6) is 0.688. The molecule has 1 aromatic heterocycles. The van der Waals surface area contributed by atoms with Crippen LogP contribution in [-0.4, -0.2) is 48.7 Å². The summed E-state index contributed by atoms with van der Waals surface area (Å²) in [6.45, 7) is 4.05. The lowest BCUT2D eigenvalue weighted by Crippen LogP contribution is -2.35. The lowest BCUT2D eigenvalue weighted by atomic mass is 10.1. The van der Waals surface area contributed by atoms with Gasteiger partial charge in [-0.3, -0.25) is 9.69 Å². The summed E-state index contributed by atoms with van der Waals surface area (Å²) in [4.78, 5) is 16.8. The van der Waals surface area contributed by atoms with Crippen LogP contribution in [0.3, 0.4) is 0 Å². The fourth-order valence-electron chi connectivity index (χ4n) is 3.35. The van der Waals surface area contributed by atoms with Crippen molar-refractivity contribution < 1.29 is 14.3 Å². The van der Waals surface area contributed by atoms with Gasteiger partial charge < -0.3 is 14.5 Å². The second kappa shape index (κ2) is 7.04. The van der Waals surface area contributed by atoms with Gasteiger partial charge in [-0.05, 0) is 49.6 Å². The van der Waals surface area contributed by atoms with Crippen LogP contribution < -0.4 is 4.74 Å². The van der Waals surface area contributed by atoms with Gasteiger partial charge in [-0.1, -0.05) is 0 Å². The van der Waals surface area contributed by atoms with Crippen molar-refractivity contribution in [3.8, 4) is 5.75 Å². The molecule has 0 bridgehead atoms. The average molecular weight is 316 g/mol. The first-order chi connectivity index (χ1) is 11.2. The van der Waals surface area contributed by atoms with Gasteiger partial charge in [0, 0.05) is 36.6 Å². The van der Waals surface area contributed by atoms with Crippen molar-refractivity contribution in [3.05, 3.63) is 30.0 Å². The number of hydrogen-bond acceptors (Lipinski definition) is 4. The molecule has 0 aliphatic carbocycles. The lowest BCUT2D eigenvalue weighted by Gasteiger charge is -2.23. The van der Waals surface area contributed by atoms with Crippen LogP contribution >= 0.6 is 0 Å². The predicted molar refractivity (Wildman–Crippen MR) is 89.8 cm³/mol. The SMILES string of the molecule is COc1ccc2[nH]cc(CCN3CCC[C@H]3COC(C)=O)c2c1. The number of aromatic nitrogens is 1. The third-order valence-electron chi connectivity index (χ3n) is 4.62. The topological polar surface area (TPSA) is 54.6 Å². The number of ether oxygens (including phenoxy) is 2. The third-order valence-corrected chi connectivity index (χ3v) is 4.62. The number of nitrogens with zero attached hydrogens (tertiary/aromatic N) is 1. The molecular formula is C18H24N2O3. The maximum absolute atomic E-state index is 11.0. The number of aromatic amines is 1. The van der Waals surface area contributed by atoms with Crippen LogP contribution in [0.2, 0.25) is 0 Å². The van der Waals surface area contributed by atoms with E-state index in [1.807, 2.05) is 6.07 Å². The van der Waals surface area contributed by atoms with E-state index in [-0.39, 0.29) is 5.97 Å². The molecule has 124 valence electrons. The molecule has 5 heteroatoms. The number of carbonyl (C=O) groups is 1. The Morgan fingerprint density at radius 2 is 2.30 bits per heavy atom. The highest BCUT2D eigenvalue weighted by Crippen LogP contribution is 2.25. The molecule has 1 atom stereocenters. The minimum atomic E-state index is -0.194. The number of likely N-dealkylation sites (tertiary alicyclic amines) is 1. The van der Waals surface area contributed by atoms with Gasteiger partial charge in [0.2, 0.25) is 0 Å². The Morgan fingerprint density at radius 3 is 3.09 bits per heavy atom. The molecular weight excluding hydrogens is 292 g/mol. The molecule has 0 saturated carbocycles. The number of carbonyl (C=O) groups excluding carboxylic acids is 1. The maximum Gasteiger partial charge on any atom is 0.302 e. The molecule has 1 fully saturated rings. The highest BCUT2D eigenvalue weighted by Gasteiger charge is 2.25. The second-order valence-corrected chi connectivity index (χ2v) is 6.11. The highest BCUT2D eigenvalue weighted by atomic mass is 16.5. The van der Waals surface area contributed by atoms with Crippen molar-refractivity contribution in [1.29, 1.82) is 0 Å². The van der Waals surface area contributed by atoms with Crippen molar-refractivity contribution in [2.75, 3.05) is 26.8 Å². The van der Waals surface area contributed by atoms with E-state index in [9.17, 15) is 4.79 Å². The normalized spacial score (nSPS) is 18.4. The zero-order valence-electron chi connectivity index (χ0n) is 13.8. The van der Waals surface area contributed by atoms with E-state index in [1.165, 1.54) is 24.3 Å². The molecule has 3 rings (SSSR count). The fraction of sp³-hybridized carbons (Fsp3) is 0.500. The lowest BCUT2D eigenvalue weighted by molar-refractivity contribution is -0.142. The Morgan fingerprint density at radius 1 is 1.43 bits per heavy atom. The third kappa shape index (κ3) is 3.67. The summed E-state index contributed by atoms with van der Waals surface area (Å²) in [6, 6.07) is 6.47. The largest absolute Gasteiger partial charge is 0.497 e. The molecule has 5 nitrogen and oxygen atoms in total. The van der Waals surface area contributed by atoms with Gasteiger partial charge in [-0.15, -0.1) is 0 Å². The molecule has 2 heterocycles. The van der Waals surface area contributed by atoms with Crippen LogP contribution in [0, 0.1) is 0 Å². The van der Waals surface area contributed by atoms with Crippen LogP contribution in [0.15, 0.2) is 24.4 Å². The smallest absolute Gasteiger partial charge is 0.302 e. The Bertz CT molecular complexity index is 680. The first kappa shape index (κ1) is 15.9. The van der Waals surface area contributed by atoms with Crippen LogP contribution in [0.5, 0.6) is 5.75 Å². The standard InChI is InChI=1S/C18H24N2O3/c1-13(21)23-12-15-4-3-8-20(15)9-7-14-11-19-18-6-5-16(22-2)10-17(14)18/h5-6,10-11,15,19H,3-4,7-9,12H2,1-2H3/t15-/m0/s1. The molecule has 0 spiro atoms. The van der Waals surface area contributed by atoms with E-state index in [2.05, 4.69) is 28.2 Å². The monoisotopic (exact) mass is 316 g/mol. The molecule has 1 aliphatic heterocycles. The van der Waals surface area contributed by atoms with Crippen LogP contribution in [0.25, 0.3) is 10.9 Å². The highest BCUT2D eigenvalue weighted by molar-refractivity contribution is 5.84. The Kier molecular flexibility index (Phi) is 4.86. The summed E-state index contributed by atoms with van der Waals surface area (Å²) in [7, 11) is 1.69. The van der Waals surface area contributed by atoms with Crippen LogP contribution in [0.1, 0.15) is 25.3 Å². The minimum Gasteiger partial charge on any atom is -0.497 e. The Hall–Kier alpha value is -2.01. The van der Waals surface area contributed by atoms with Gasteiger partial charge in [0.25, 0.3) is 0 Å². The van der Waals surface area contributed by atoms with E-state index in [1.54, 1.807) is 7.11 Å². The van der Waals surface area contributed by atoms with Gasteiger partial charge >= 0.3 is 5.97 Å². The van der Waals surface area contributed by atoms with Crippen molar-refractivity contribution in [3.63, 3.8) is 0 Å². The summed E-state index contributed by atoms with van der Waals surface area (Å²) in [5.41, 5.74) is 2.44. The minimum absolute atomic E-state index is 0.194. The molecule has 23 heavy (non-hydrogen) atoms. The zero-order chi connectivity index (χ0) is 16.2. The van der Waals surface area contributed by atoms with Crippen molar-refractivity contribution in [2.24, 2.45) is 0 Å². The first-order valence-electron chi connectivity index (χ1n) is 8.19. The number of H-pyrrole nitrogens is 1. The van der Waals surface area contributed by atoms with Gasteiger partial charge in [-0.2, -0.15) is 0 Å². The number of esters is 1. The summed E-state index contributed by atoms with van der Waals surface area (Å²) < 4.78 is 10.5. The average Bonchev–Trinajstić information content (AvgIpc) is 3.16. The van der Waals surface area contributed by atoms with Crippen molar-refractivity contribution in [1.82, 2.24) is 9.88 Å². The van der Waals surface area contributed by atoms with E-state index >= 15 is 0 Å². The molecule has 1 saturated heterocycles. The molecule has 0 radical (unpaired) electrons. The van der Waals surface area contributed by atoms with Gasteiger partial charge in [-0.25, -0.2) is 0 Å². The van der Waals surface area contributed by atoms with E-state index < -0.39 is 0 Å². The zero-order valence-corrected chi connectivity index (χ0v) is 13.8. The number of rotatable bonds is 6. The number of nitrogens with one attached hydrogen (secondary N) is 1.